The summed E-state index contributed by atoms with van der Waals surface area (Å²) >= 11 is 0. The van der Waals surface area contributed by atoms with E-state index in [0.29, 0.717) is 13.0 Å². The Morgan fingerprint density at radius 2 is 0.746 bits per heavy atom. The largest absolute Gasteiger partial charge is 0.472 e. The number of nitrogens with two attached hydrogens (primary N) is 1. The molecular weight excluding hydrogens is 758 g/mol. The first-order chi connectivity index (χ1) is 28.9. The van der Waals surface area contributed by atoms with Gasteiger partial charge in [-0.3, -0.25) is 13.8 Å². The number of carbonyl (C=O) groups is 1. The molecule has 0 spiro atoms. The molecule has 0 fully saturated rings. The van der Waals surface area contributed by atoms with E-state index in [1.165, 1.54) is 225 Å². The minimum atomic E-state index is -4.27. The number of hydrogen-bond donors (Lipinski definition) is 2. The molecule has 0 aliphatic rings. The molecule has 9 heteroatoms. The van der Waals surface area contributed by atoms with Gasteiger partial charge in [0.15, 0.2) is 0 Å². The Kier molecular flexibility index (Phi) is 48.1. The molecule has 0 bridgehead atoms. The van der Waals surface area contributed by atoms with Crippen LogP contribution in [0.1, 0.15) is 277 Å². The quantitative estimate of drug-likeness (QED) is 0.0353. The van der Waals surface area contributed by atoms with Gasteiger partial charge in [0, 0.05) is 19.6 Å². The molecule has 2 unspecified atom stereocenters. The molecule has 0 aliphatic heterocycles. The van der Waals surface area contributed by atoms with Gasteiger partial charge in [0.1, 0.15) is 6.10 Å². The first-order valence-electron chi connectivity index (χ1n) is 26.0. The SMILES string of the molecule is CCCCCCCCCCCCCCCCCCCCCCOCC(COP(=O)(O)OCCN)OC(=O)CCCCCCCCCCCCCCCCCCCCCC. The fraction of sp³-hybridized carbons (Fsp3) is 0.980. The normalized spacial score (nSPS) is 13.2. The third-order valence-corrected chi connectivity index (χ3v) is 12.8. The average molecular weight is 860 g/mol. The van der Waals surface area contributed by atoms with E-state index in [1.807, 2.05) is 0 Å². The van der Waals surface area contributed by atoms with Gasteiger partial charge >= 0.3 is 13.8 Å². The van der Waals surface area contributed by atoms with Crippen molar-refractivity contribution in [1.82, 2.24) is 0 Å². The van der Waals surface area contributed by atoms with Gasteiger partial charge in [-0.1, -0.05) is 258 Å². The molecule has 354 valence electrons. The van der Waals surface area contributed by atoms with E-state index < -0.39 is 13.9 Å². The van der Waals surface area contributed by atoms with Crippen LogP contribution in [0.25, 0.3) is 0 Å². The Labute approximate surface area is 367 Å². The number of phosphoric ester groups is 1. The molecule has 8 nitrogen and oxygen atoms in total. The van der Waals surface area contributed by atoms with Crippen LogP contribution in [0.3, 0.4) is 0 Å². The van der Waals surface area contributed by atoms with Gasteiger partial charge in [0.05, 0.1) is 19.8 Å². The van der Waals surface area contributed by atoms with Crippen molar-refractivity contribution < 1.29 is 32.8 Å². The van der Waals surface area contributed by atoms with Gasteiger partial charge in [0.25, 0.3) is 0 Å². The number of esters is 1. The van der Waals surface area contributed by atoms with Crippen molar-refractivity contribution in [3.05, 3.63) is 0 Å². The zero-order valence-corrected chi connectivity index (χ0v) is 40.4. The van der Waals surface area contributed by atoms with Crippen LogP contribution in [0, 0.1) is 0 Å². The summed E-state index contributed by atoms with van der Waals surface area (Å²) in [4.78, 5) is 22.6. The number of unbranched alkanes of at least 4 members (excludes halogenated alkanes) is 38. The Morgan fingerprint density at radius 1 is 0.441 bits per heavy atom. The highest BCUT2D eigenvalue weighted by molar-refractivity contribution is 7.47. The third kappa shape index (κ3) is 48.4. The van der Waals surface area contributed by atoms with Crippen LogP contribution in [0.2, 0.25) is 0 Å². The summed E-state index contributed by atoms with van der Waals surface area (Å²) in [5, 5.41) is 0. The summed E-state index contributed by atoms with van der Waals surface area (Å²) in [5.74, 6) is -0.320. The van der Waals surface area contributed by atoms with Crippen LogP contribution >= 0.6 is 7.82 Å². The van der Waals surface area contributed by atoms with Crippen LogP contribution in [0.15, 0.2) is 0 Å². The van der Waals surface area contributed by atoms with Crippen LogP contribution < -0.4 is 5.73 Å². The van der Waals surface area contributed by atoms with E-state index in [4.69, 9.17) is 24.3 Å². The summed E-state index contributed by atoms with van der Waals surface area (Å²) < 4.78 is 33.6. The zero-order valence-electron chi connectivity index (χ0n) is 39.5. The van der Waals surface area contributed by atoms with Crippen molar-refractivity contribution in [2.45, 2.75) is 283 Å². The second kappa shape index (κ2) is 48.5. The van der Waals surface area contributed by atoms with Crippen molar-refractivity contribution in [3.8, 4) is 0 Å². The third-order valence-electron chi connectivity index (χ3n) is 11.8. The lowest BCUT2D eigenvalue weighted by Gasteiger charge is -2.20. The van der Waals surface area contributed by atoms with Crippen LogP contribution in [0.5, 0.6) is 0 Å². The number of carbonyl (C=O) groups excluding carboxylic acids is 1. The summed E-state index contributed by atoms with van der Waals surface area (Å²) in [6, 6.07) is 0. The fourth-order valence-corrected chi connectivity index (χ4v) is 8.71. The molecule has 0 aromatic carbocycles. The molecule has 0 amide bonds. The van der Waals surface area contributed by atoms with E-state index in [1.54, 1.807) is 0 Å². The lowest BCUT2D eigenvalue weighted by Crippen LogP contribution is -2.28. The summed E-state index contributed by atoms with van der Waals surface area (Å²) in [6.07, 6.45) is 52.8. The van der Waals surface area contributed by atoms with Gasteiger partial charge in [-0.15, -0.1) is 0 Å². The number of ether oxygens (including phenoxy) is 2. The van der Waals surface area contributed by atoms with Crippen molar-refractivity contribution in [3.63, 3.8) is 0 Å². The van der Waals surface area contributed by atoms with Crippen molar-refractivity contribution in [2.75, 3.05) is 33.0 Å². The molecular formula is C50H102NO7P. The van der Waals surface area contributed by atoms with Gasteiger partial charge in [0.2, 0.25) is 0 Å². The molecule has 0 saturated carbocycles. The Hall–Kier alpha value is -0.500. The van der Waals surface area contributed by atoms with Crippen molar-refractivity contribution in [2.24, 2.45) is 5.73 Å². The standard InChI is InChI=1S/C50H102NO7P/c1-3-5-7-9-11-13-15-17-19-21-23-25-27-29-31-33-35-37-39-41-43-50(52)58-49(48-57-59(53,54)56-46-44-51)47-55-45-42-40-38-36-34-32-30-28-26-24-22-20-18-16-14-12-10-8-6-4-2/h49H,3-48,51H2,1-2H3,(H,53,54). The van der Waals surface area contributed by atoms with Gasteiger partial charge in [-0.25, -0.2) is 4.57 Å². The predicted octanol–water partition coefficient (Wildman–Crippen LogP) is 16.0. The Balaban J connectivity index is 3.87. The zero-order chi connectivity index (χ0) is 43.0. The number of hydrogen-bond acceptors (Lipinski definition) is 7. The molecule has 0 saturated heterocycles. The molecule has 0 rings (SSSR count). The molecule has 0 radical (unpaired) electrons. The number of phosphoric acid groups is 1. The van der Waals surface area contributed by atoms with Crippen molar-refractivity contribution >= 4 is 13.8 Å². The number of rotatable bonds is 51. The highest BCUT2D eigenvalue weighted by Gasteiger charge is 2.25. The van der Waals surface area contributed by atoms with E-state index in [9.17, 15) is 14.3 Å². The van der Waals surface area contributed by atoms with Crippen LogP contribution in [-0.2, 0) is 27.9 Å². The summed E-state index contributed by atoms with van der Waals surface area (Å²) in [5.41, 5.74) is 5.39. The Morgan fingerprint density at radius 3 is 1.07 bits per heavy atom. The topological polar surface area (TPSA) is 117 Å². The molecule has 2 atom stereocenters. The highest BCUT2D eigenvalue weighted by atomic mass is 31.2. The summed E-state index contributed by atoms with van der Waals surface area (Å²) in [7, 11) is -4.27. The van der Waals surface area contributed by atoms with Gasteiger partial charge in [-0.05, 0) is 12.8 Å². The van der Waals surface area contributed by atoms with E-state index in [-0.39, 0.29) is 32.3 Å². The van der Waals surface area contributed by atoms with Crippen molar-refractivity contribution in [1.29, 1.82) is 0 Å². The smallest absolute Gasteiger partial charge is 0.457 e. The minimum Gasteiger partial charge on any atom is -0.457 e. The highest BCUT2D eigenvalue weighted by Crippen LogP contribution is 2.43. The van der Waals surface area contributed by atoms with E-state index in [0.717, 1.165) is 32.1 Å². The lowest BCUT2D eigenvalue weighted by atomic mass is 10.0. The molecule has 0 heterocycles. The second-order valence-electron chi connectivity index (χ2n) is 17.8. The summed E-state index contributed by atoms with van der Waals surface area (Å²) in [6.45, 7) is 5.01. The van der Waals surface area contributed by atoms with Gasteiger partial charge in [-0.2, -0.15) is 0 Å². The molecule has 0 aromatic rings. The molecule has 0 aromatic heterocycles. The molecule has 0 aliphatic carbocycles. The monoisotopic (exact) mass is 860 g/mol. The lowest BCUT2D eigenvalue weighted by molar-refractivity contribution is -0.154. The maximum Gasteiger partial charge on any atom is 0.472 e. The maximum absolute atomic E-state index is 12.7. The first kappa shape index (κ1) is 58.5. The van der Waals surface area contributed by atoms with Gasteiger partial charge < -0.3 is 20.1 Å². The molecule has 59 heavy (non-hydrogen) atoms. The Bertz CT molecular complexity index is 878. The average Bonchev–Trinajstić information content (AvgIpc) is 3.23. The van der Waals surface area contributed by atoms with Crippen LogP contribution in [-0.4, -0.2) is 49.9 Å². The van der Waals surface area contributed by atoms with E-state index >= 15 is 0 Å². The van der Waals surface area contributed by atoms with E-state index in [2.05, 4.69) is 13.8 Å². The second-order valence-corrected chi connectivity index (χ2v) is 19.2. The minimum absolute atomic E-state index is 0.0897. The first-order valence-corrected chi connectivity index (χ1v) is 27.5. The maximum atomic E-state index is 12.7. The predicted molar refractivity (Wildman–Crippen MR) is 252 cm³/mol. The van der Waals surface area contributed by atoms with Crippen LogP contribution in [0.4, 0.5) is 0 Å². The molecule has 3 N–H and O–H groups in total. The fourth-order valence-electron chi connectivity index (χ4n) is 7.94.